The monoisotopic (exact) mass is 445 g/mol. The van der Waals surface area contributed by atoms with Crippen LogP contribution in [0, 0.1) is 0 Å². The van der Waals surface area contributed by atoms with Crippen molar-refractivity contribution in [1.29, 1.82) is 0 Å². The third-order valence-corrected chi connectivity index (χ3v) is 6.17. The molecule has 1 atom stereocenters. The van der Waals surface area contributed by atoms with Crippen LogP contribution in [0.15, 0.2) is 61.1 Å². The van der Waals surface area contributed by atoms with Crippen molar-refractivity contribution in [1.82, 2.24) is 24.0 Å². The second kappa shape index (κ2) is 9.07. The molecular weight excluding hydrogens is 418 g/mol. The topological polar surface area (TPSA) is 85.4 Å². The Morgan fingerprint density at radius 2 is 2.03 bits per heavy atom. The van der Waals surface area contributed by atoms with Crippen molar-refractivity contribution in [2.24, 2.45) is 0 Å². The highest BCUT2D eigenvalue weighted by molar-refractivity contribution is 5.92. The molecule has 1 aliphatic rings. The first-order valence-electron chi connectivity index (χ1n) is 11.3. The van der Waals surface area contributed by atoms with Crippen molar-refractivity contribution < 1.29 is 14.6 Å². The van der Waals surface area contributed by atoms with Gasteiger partial charge in [0, 0.05) is 25.8 Å². The second-order valence-electron chi connectivity index (χ2n) is 8.37. The molecular formula is C25H27N5O3. The fourth-order valence-electron chi connectivity index (χ4n) is 4.46. The van der Waals surface area contributed by atoms with E-state index in [2.05, 4.69) is 25.9 Å². The number of imidazole rings is 2. The minimum atomic E-state index is -0.940. The molecule has 1 unspecified atom stereocenters. The Balaban J connectivity index is 1.41. The molecule has 2 aromatic heterocycles. The number of likely N-dealkylation sites (tertiary alicyclic amines) is 1. The van der Waals surface area contributed by atoms with Gasteiger partial charge in [-0.3, -0.25) is 4.90 Å². The Labute approximate surface area is 192 Å². The van der Waals surface area contributed by atoms with Crippen molar-refractivity contribution in [2.45, 2.75) is 39.1 Å². The molecule has 1 aliphatic heterocycles. The van der Waals surface area contributed by atoms with Gasteiger partial charge in [0.2, 0.25) is 0 Å². The zero-order valence-electron chi connectivity index (χ0n) is 18.6. The fourth-order valence-corrected chi connectivity index (χ4v) is 4.46. The summed E-state index contributed by atoms with van der Waals surface area (Å²) in [6.45, 7) is 5.91. The Bertz CT molecular complexity index is 1260. The summed E-state index contributed by atoms with van der Waals surface area (Å²) in [7, 11) is 0. The molecule has 8 heteroatoms. The second-order valence-corrected chi connectivity index (χ2v) is 8.37. The molecule has 2 aromatic carbocycles. The summed E-state index contributed by atoms with van der Waals surface area (Å²) in [5.41, 5.74) is 2.95. The highest BCUT2D eigenvalue weighted by Gasteiger charge is 2.26. The van der Waals surface area contributed by atoms with E-state index in [9.17, 15) is 9.90 Å². The van der Waals surface area contributed by atoms with Crippen molar-refractivity contribution in [3.05, 3.63) is 78.1 Å². The number of carbonyl (C=O) groups is 1. The minimum absolute atomic E-state index is 0.144. The van der Waals surface area contributed by atoms with Gasteiger partial charge in [-0.2, -0.15) is 0 Å². The fraction of sp³-hybridized carbons (Fsp3) is 0.320. The number of carboxylic acid groups (broad SMARTS) is 1. The molecule has 33 heavy (non-hydrogen) atoms. The number of nitrogens with zero attached hydrogens (tertiary/aromatic N) is 5. The molecule has 5 rings (SSSR count). The van der Waals surface area contributed by atoms with Gasteiger partial charge in [0.05, 0.1) is 41.7 Å². The van der Waals surface area contributed by atoms with E-state index in [1.807, 2.05) is 42.9 Å². The van der Waals surface area contributed by atoms with E-state index in [1.165, 1.54) is 0 Å². The SMILES string of the molecule is CCn1cncc1Cn1c(CN2CCC(Oc3ccccc3)C2)nc2ccc(C(=O)O)cc21. The predicted octanol–water partition coefficient (Wildman–Crippen LogP) is 3.65. The smallest absolute Gasteiger partial charge is 0.335 e. The molecule has 0 aliphatic carbocycles. The molecule has 1 N–H and O–H groups in total. The van der Waals surface area contributed by atoms with Crippen LogP contribution in [0.2, 0.25) is 0 Å². The summed E-state index contributed by atoms with van der Waals surface area (Å²) in [6, 6.07) is 15.0. The van der Waals surface area contributed by atoms with Crippen LogP contribution in [0.4, 0.5) is 0 Å². The maximum absolute atomic E-state index is 11.6. The van der Waals surface area contributed by atoms with E-state index in [1.54, 1.807) is 18.2 Å². The number of hydrogen-bond donors (Lipinski definition) is 1. The Morgan fingerprint density at radius 3 is 2.82 bits per heavy atom. The largest absolute Gasteiger partial charge is 0.489 e. The van der Waals surface area contributed by atoms with E-state index in [4.69, 9.17) is 9.72 Å². The standard InChI is InChI=1S/C25H27N5O3/c1-2-29-17-26-13-19(29)14-30-23-12-18(25(31)32)8-9-22(23)27-24(30)16-28-11-10-21(15-28)33-20-6-4-3-5-7-20/h3-9,12-13,17,21H,2,10-11,14-16H2,1H3,(H,31,32). The van der Waals surface area contributed by atoms with Crippen molar-refractivity contribution in [3.63, 3.8) is 0 Å². The van der Waals surface area contributed by atoms with E-state index < -0.39 is 5.97 Å². The third kappa shape index (κ3) is 4.47. The summed E-state index contributed by atoms with van der Waals surface area (Å²) < 4.78 is 10.4. The van der Waals surface area contributed by atoms with Crippen LogP contribution in [-0.2, 0) is 19.6 Å². The Hall–Kier alpha value is -3.65. The number of benzene rings is 2. The molecule has 1 fully saturated rings. The molecule has 8 nitrogen and oxygen atoms in total. The van der Waals surface area contributed by atoms with Gasteiger partial charge in [0.1, 0.15) is 17.7 Å². The molecule has 170 valence electrons. The summed E-state index contributed by atoms with van der Waals surface area (Å²) in [6.07, 6.45) is 4.79. The Morgan fingerprint density at radius 1 is 1.18 bits per heavy atom. The molecule has 0 bridgehead atoms. The van der Waals surface area contributed by atoms with Crippen molar-refractivity contribution in [3.8, 4) is 5.75 Å². The van der Waals surface area contributed by atoms with E-state index in [-0.39, 0.29) is 11.7 Å². The summed E-state index contributed by atoms with van der Waals surface area (Å²) in [4.78, 5) is 23.1. The van der Waals surface area contributed by atoms with Gasteiger partial charge in [0.15, 0.2) is 0 Å². The number of aryl methyl sites for hydroxylation is 1. The number of para-hydroxylation sites is 1. The predicted molar refractivity (Wildman–Crippen MR) is 124 cm³/mol. The van der Waals surface area contributed by atoms with Gasteiger partial charge >= 0.3 is 5.97 Å². The lowest BCUT2D eigenvalue weighted by atomic mass is 10.2. The number of aromatic carboxylic acids is 1. The zero-order valence-corrected chi connectivity index (χ0v) is 18.6. The van der Waals surface area contributed by atoms with E-state index >= 15 is 0 Å². The van der Waals surface area contributed by atoms with Crippen LogP contribution in [0.1, 0.15) is 35.2 Å². The van der Waals surface area contributed by atoms with E-state index in [0.29, 0.717) is 13.1 Å². The molecule has 0 spiro atoms. The third-order valence-electron chi connectivity index (χ3n) is 6.17. The van der Waals surface area contributed by atoms with E-state index in [0.717, 1.165) is 54.4 Å². The number of hydrogen-bond acceptors (Lipinski definition) is 5. The number of aromatic nitrogens is 4. The lowest BCUT2D eigenvalue weighted by molar-refractivity contribution is 0.0697. The number of ether oxygens (including phenoxy) is 1. The number of fused-ring (bicyclic) bond motifs is 1. The van der Waals surface area contributed by atoms with Gasteiger partial charge in [-0.15, -0.1) is 0 Å². The molecule has 0 amide bonds. The highest BCUT2D eigenvalue weighted by atomic mass is 16.5. The Kier molecular flexibility index (Phi) is 5.83. The quantitative estimate of drug-likeness (QED) is 0.446. The van der Waals surface area contributed by atoms with Crippen LogP contribution in [0.5, 0.6) is 5.75 Å². The van der Waals surface area contributed by atoms with Crippen LogP contribution in [0.25, 0.3) is 11.0 Å². The maximum Gasteiger partial charge on any atom is 0.335 e. The van der Waals surface area contributed by atoms with Gasteiger partial charge in [-0.25, -0.2) is 14.8 Å². The molecule has 4 aromatic rings. The first kappa shape index (κ1) is 21.2. The lowest BCUT2D eigenvalue weighted by Gasteiger charge is -2.18. The molecule has 3 heterocycles. The zero-order chi connectivity index (χ0) is 22.8. The normalized spacial score (nSPS) is 16.5. The van der Waals surface area contributed by atoms with Crippen LogP contribution in [-0.4, -0.2) is 54.3 Å². The number of carboxylic acids is 1. The summed E-state index contributed by atoms with van der Waals surface area (Å²) >= 11 is 0. The molecule has 0 saturated carbocycles. The lowest BCUT2D eigenvalue weighted by Crippen LogP contribution is -2.26. The average molecular weight is 446 g/mol. The minimum Gasteiger partial charge on any atom is -0.489 e. The maximum atomic E-state index is 11.6. The highest BCUT2D eigenvalue weighted by Crippen LogP contribution is 2.24. The molecule has 1 saturated heterocycles. The van der Waals surface area contributed by atoms with Gasteiger partial charge in [-0.1, -0.05) is 18.2 Å². The van der Waals surface area contributed by atoms with Crippen molar-refractivity contribution in [2.75, 3.05) is 13.1 Å². The summed E-state index contributed by atoms with van der Waals surface area (Å²) in [5, 5.41) is 9.49. The van der Waals surface area contributed by atoms with Crippen LogP contribution >= 0.6 is 0 Å². The van der Waals surface area contributed by atoms with Gasteiger partial charge in [0.25, 0.3) is 0 Å². The van der Waals surface area contributed by atoms with Gasteiger partial charge in [-0.05, 0) is 43.7 Å². The van der Waals surface area contributed by atoms with Gasteiger partial charge < -0.3 is 19.0 Å². The molecule has 0 radical (unpaired) electrons. The summed E-state index contributed by atoms with van der Waals surface area (Å²) in [5.74, 6) is 0.868. The van der Waals surface area contributed by atoms with Crippen molar-refractivity contribution >= 4 is 17.0 Å². The average Bonchev–Trinajstić information content (AvgIpc) is 3.54. The first-order chi connectivity index (χ1) is 16.1. The first-order valence-corrected chi connectivity index (χ1v) is 11.3. The number of rotatable bonds is 8. The van der Waals surface area contributed by atoms with Crippen LogP contribution in [0.3, 0.4) is 0 Å². The van der Waals surface area contributed by atoms with Crippen LogP contribution < -0.4 is 4.74 Å².